The summed E-state index contributed by atoms with van der Waals surface area (Å²) in [5.74, 6) is 0. The quantitative estimate of drug-likeness (QED) is 0.530. The van der Waals surface area contributed by atoms with Crippen LogP contribution in [0.2, 0.25) is 0 Å². The van der Waals surface area contributed by atoms with E-state index in [0.717, 1.165) is 11.0 Å². The Kier molecular flexibility index (Phi) is 1.07. The average molecular weight is 130 g/mol. The normalized spacial score (nSPS) is 10.0. The number of fused-ring (bicyclic) bond motifs is 1. The van der Waals surface area contributed by atoms with Gasteiger partial charge in [-0.1, -0.05) is 0 Å². The van der Waals surface area contributed by atoms with E-state index in [-0.39, 0.29) is 0 Å². The minimum Gasteiger partial charge on any atom is -0.262 e. The first kappa shape index (κ1) is 5.29. The topological polar surface area (TPSA) is 38.7 Å². The van der Waals surface area contributed by atoms with Gasteiger partial charge in [0, 0.05) is 24.7 Å². The number of rotatable bonds is 0. The molecule has 0 bridgehead atoms. The predicted octanol–water partition coefficient (Wildman–Crippen LogP) is 0.825. The predicted molar refractivity (Wildman–Crippen MR) is 36.2 cm³/mol. The van der Waals surface area contributed by atoms with E-state index >= 15 is 0 Å². The van der Waals surface area contributed by atoms with Crippen molar-refractivity contribution >= 4 is 11.0 Å². The van der Waals surface area contributed by atoms with Crippen molar-refractivity contribution in [1.29, 1.82) is 0 Å². The highest BCUT2D eigenvalue weighted by molar-refractivity contribution is 5.70. The summed E-state index contributed by atoms with van der Waals surface area (Å²) in [5.41, 5.74) is 1.54. The lowest BCUT2D eigenvalue weighted by atomic mass is 10.4. The molecule has 10 heavy (non-hydrogen) atoms. The van der Waals surface area contributed by atoms with E-state index in [1.807, 2.05) is 0 Å². The lowest BCUT2D eigenvalue weighted by Gasteiger charge is -1.89. The highest BCUT2D eigenvalue weighted by Crippen LogP contribution is 2.01. The summed E-state index contributed by atoms with van der Waals surface area (Å²) < 4.78 is 0. The van der Waals surface area contributed by atoms with Crippen LogP contribution in [0.4, 0.5) is 0 Å². The van der Waals surface area contributed by atoms with Crippen molar-refractivity contribution in [3.63, 3.8) is 0 Å². The van der Waals surface area contributed by atoms with Gasteiger partial charge >= 0.3 is 0 Å². The number of aromatic nitrogens is 3. The fourth-order valence-corrected chi connectivity index (χ4v) is 0.761. The third-order valence-corrected chi connectivity index (χ3v) is 1.20. The summed E-state index contributed by atoms with van der Waals surface area (Å²) in [6, 6.07) is 2.87. The van der Waals surface area contributed by atoms with Crippen molar-refractivity contribution in [2.24, 2.45) is 0 Å². The fraction of sp³-hybridized carbons (Fsp3) is 0. The highest BCUT2D eigenvalue weighted by Gasteiger charge is 1.89. The Balaban J connectivity index is 2.89. The molecule has 3 heteroatoms. The molecule has 47 valence electrons. The summed E-state index contributed by atoms with van der Waals surface area (Å²) in [6.07, 6.45) is 6.52. The van der Waals surface area contributed by atoms with Gasteiger partial charge in [0.2, 0.25) is 0 Å². The van der Waals surface area contributed by atoms with Crippen LogP contribution < -0.4 is 0 Å². The fourth-order valence-electron chi connectivity index (χ4n) is 0.761. The maximum atomic E-state index is 4.02. The first-order chi connectivity index (χ1) is 4.97. The molecule has 0 aliphatic carbocycles. The van der Waals surface area contributed by atoms with Gasteiger partial charge in [0.05, 0.1) is 11.7 Å². The molecule has 0 aliphatic rings. The van der Waals surface area contributed by atoms with Crippen molar-refractivity contribution < 1.29 is 0 Å². The van der Waals surface area contributed by atoms with Gasteiger partial charge in [-0.05, 0) is 0 Å². The van der Waals surface area contributed by atoms with Crippen LogP contribution in [-0.4, -0.2) is 15.0 Å². The summed E-state index contributed by atoms with van der Waals surface area (Å²) in [4.78, 5) is 11.9. The Morgan fingerprint density at radius 3 is 3.00 bits per heavy atom. The first-order valence-corrected chi connectivity index (χ1v) is 2.89. The van der Waals surface area contributed by atoms with Gasteiger partial charge in [0.1, 0.15) is 5.52 Å². The third-order valence-electron chi connectivity index (χ3n) is 1.20. The maximum absolute atomic E-state index is 4.02. The van der Waals surface area contributed by atoms with Gasteiger partial charge in [-0.2, -0.15) is 0 Å². The Bertz CT molecular complexity index is 280. The van der Waals surface area contributed by atoms with Crippen molar-refractivity contribution in [2.75, 3.05) is 0 Å². The molecule has 0 aliphatic heterocycles. The van der Waals surface area contributed by atoms with Crippen molar-refractivity contribution in [2.45, 2.75) is 0 Å². The SMILES string of the molecule is [c]1cncc2nccnc12. The molecule has 2 heterocycles. The van der Waals surface area contributed by atoms with Crippen LogP contribution in [0.25, 0.3) is 11.0 Å². The Morgan fingerprint density at radius 1 is 1.20 bits per heavy atom. The average Bonchev–Trinajstić information content (AvgIpc) is 2.05. The zero-order chi connectivity index (χ0) is 6.81. The molecule has 0 aromatic carbocycles. The van der Waals surface area contributed by atoms with Crippen LogP contribution >= 0.6 is 0 Å². The molecule has 2 rings (SSSR count). The molecule has 0 unspecified atom stereocenters. The van der Waals surface area contributed by atoms with Crippen molar-refractivity contribution in [3.8, 4) is 0 Å². The third kappa shape index (κ3) is 0.719. The summed E-state index contributed by atoms with van der Waals surface area (Å²) >= 11 is 0. The lowest BCUT2D eigenvalue weighted by Crippen LogP contribution is -1.81. The van der Waals surface area contributed by atoms with Crippen LogP contribution in [0.1, 0.15) is 0 Å². The highest BCUT2D eigenvalue weighted by atomic mass is 14.8. The van der Waals surface area contributed by atoms with E-state index in [2.05, 4.69) is 21.0 Å². The van der Waals surface area contributed by atoms with Crippen LogP contribution in [0.3, 0.4) is 0 Å². The Hall–Kier alpha value is -1.51. The van der Waals surface area contributed by atoms with Crippen LogP contribution in [0.15, 0.2) is 24.8 Å². The molecule has 0 atom stereocenters. The Labute approximate surface area is 57.8 Å². The van der Waals surface area contributed by atoms with Crippen LogP contribution in [0.5, 0.6) is 0 Å². The van der Waals surface area contributed by atoms with E-state index in [4.69, 9.17) is 0 Å². The van der Waals surface area contributed by atoms with Crippen LogP contribution in [0, 0.1) is 6.07 Å². The van der Waals surface area contributed by atoms with Crippen molar-refractivity contribution in [1.82, 2.24) is 15.0 Å². The molecule has 2 aromatic rings. The number of pyridine rings is 1. The van der Waals surface area contributed by atoms with Crippen molar-refractivity contribution in [3.05, 3.63) is 30.9 Å². The summed E-state index contributed by atoms with van der Waals surface area (Å²) in [7, 11) is 0. The first-order valence-electron chi connectivity index (χ1n) is 2.89. The number of nitrogens with zero attached hydrogens (tertiary/aromatic N) is 3. The van der Waals surface area contributed by atoms with E-state index in [0.29, 0.717) is 0 Å². The zero-order valence-corrected chi connectivity index (χ0v) is 5.15. The largest absolute Gasteiger partial charge is 0.262 e. The zero-order valence-electron chi connectivity index (χ0n) is 5.15. The smallest absolute Gasteiger partial charge is 0.108 e. The summed E-state index contributed by atoms with van der Waals surface area (Å²) in [5, 5.41) is 0. The summed E-state index contributed by atoms with van der Waals surface area (Å²) in [6.45, 7) is 0. The van der Waals surface area contributed by atoms with Crippen LogP contribution in [-0.2, 0) is 0 Å². The second-order valence-electron chi connectivity index (χ2n) is 1.84. The number of hydrogen-bond donors (Lipinski definition) is 0. The molecule has 0 saturated carbocycles. The number of hydrogen-bond acceptors (Lipinski definition) is 3. The Morgan fingerprint density at radius 2 is 2.10 bits per heavy atom. The van der Waals surface area contributed by atoms with E-state index in [1.165, 1.54) is 0 Å². The molecular formula is C7H4N3. The van der Waals surface area contributed by atoms with Gasteiger partial charge in [-0.25, -0.2) is 0 Å². The molecule has 0 amide bonds. The molecule has 0 saturated heterocycles. The molecule has 2 aromatic heterocycles. The van der Waals surface area contributed by atoms with Gasteiger partial charge < -0.3 is 0 Å². The molecule has 0 N–H and O–H groups in total. The second-order valence-corrected chi connectivity index (χ2v) is 1.84. The standard InChI is InChI=1S/C7H4N3/c1-2-8-5-7-6(1)9-3-4-10-7/h2-5H. The van der Waals surface area contributed by atoms with Gasteiger partial charge in [0.25, 0.3) is 0 Å². The lowest BCUT2D eigenvalue weighted by molar-refractivity contribution is 1.24. The van der Waals surface area contributed by atoms with Gasteiger partial charge in [-0.3, -0.25) is 15.0 Å². The van der Waals surface area contributed by atoms with E-state index in [9.17, 15) is 0 Å². The molecule has 1 radical (unpaired) electrons. The minimum absolute atomic E-state index is 0.762. The molecule has 0 fully saturated rings. The molecule has 3 nitrogen and oxygen atoms in total. The van der Waals surface area contributed by atoms with E-state index in [1.54, 1.807) is 24.8 Å². The second kappa shape index (κ2) is 2.02. The monoisotopic (exact) mass is 130 g/mol. The van der Waals surface area contributed by atoms with Gasteiger partial charge in [0.15, 0.2) is 0 Å². The van der Waals surface area contributed by atoms with E-state index < -0.39 is 0 Å². The minimum atomic E-state index is 0.762. The maximum Gasteiger partial charge on any atom is 0.108 e. The van der Waals surface area contributed by atoms with Gasteiger partial charge in [-0.15, -0.1) is 0 Å². The molecule has 0 spiro atoms. The molecular weight excluding hydrogens is 126 g/mol.